The van der Waals surface area contributed by atoms with E-state index < -0.39 is 11.9 Å². The molecule has 0 bridgehead atoms. The van der Waals surface area contributed by atoms with Crippen molar-refractivity contribution in [2.24, 2.45) is 7.05 Å². The first-order chi connectivity index (χ1) is 28.9. The predicted molar refractivity (Wildman–Crippen MR) is 224 cm³/mol. The molecule has 4 amide bonds. The zero-order chi connectivity index (χ0) is 41.7. The lowest BCUT2D eigenvalue weighted by Gasteiger charge is -2.32. The van der Waals surface area contributed by atoms with Crippen molar-refractivity contribution < 1.29 is 18.9 Å². The van der Waals surface area contributed by atoms with Crippen molar-refractivity contribution >= 4 is 40.1 Å². The Morgan fingerprint density at radius 3 is 2.57 bits per heavy atom. The number of anilines is 1. The van der Waals surface area contributed by atoms with E-state index >= 15 is 0 Å². The molecule has 5 aromatic heterocycles. The molecule has 2 aromatic carbocycles. The van der Waals surface area contributed by atoms with Crippen LogP contribution < -0.4 is 15.5 Å². The molecule has 16 nitrogen and oxygen atoms in total. The quantitative estimate of drug-likeness (QED) is 0.172. The summed E-state index contributed by atoms with van der Waals surface area (Å²) in [6.07, 6.45) is 5.85. The summed E-state index contributed by atoms with van der Waals surface area (Å²) in [5.41, 5.74) is 9.29. The molecule has 0 atom stereocenters. The van der Waals surface area contributed by atoms with Crippen LogP contribution in [0.2, 0.25) is 0 Å². The number of piperidine rings is 1. The van der Waals surface area contributed by atoms with Crippen molar-refractivity contribution in [3.63, 3.8) is 0 Å². The van der Waals surface area contributed by atoms with E-state index in [1.807, 2.05) is 68.3 Å². The summed E-state index contributed by atoms with van der Waals surface area (Å²) >= 11 is 0. The van der Waals surface area contributed by atoms with Gasteiger partial charge in [0.25, 0.3) is 11.7 Å². The topological polar surface area (TPSA) is 182 Å². The molecule has 0 aliphatic carbocycles. The first kappa shape index (κ1) is 38.7. The van der Waals surface area contributed by atoms with E-state index in [1.54, 1.807) is 11.2 Å². The Morgan fingerprint density at radius 2 is 1.80 bits per heavy atom. The number of nitrogens with zero attached hydrogens (tertiary/aromatic N) is 10. The van der Waals surface area contributed by atoms with Crippen LogP contribution in [-0.2, 0) is 30.3 Å². The molecule has 0 radical (unpaired) electrons. The van der Waals surface area contributed by atoms with Crippen LogP contribution in [0.15, 0.2) is 77.7 Å². The number of benzene rings is 2. The molecule has 0 spiro atoms. The second-order valence-electron chi connectivity index (χ2n) is 16.7. The lowest BCUT2D eigenvalue weighted by Crippen LogP contribution is -2.49. The first-order valence-corrected chi connectivity index (χ1v) is 20.2. The Labute approximate surface area is 346 Å². The lowest BCUT2D eigenvalue weighted by atomic mass is 9.89. The number of pyridine rings is 1. The van der Waals surface area contributed by atoms with E-state index in [0.29, 0.717) is 30.7 Å². The Hall–Kier alpha value is -6.81. The fourth-order valence-electron chi connectivity index (χ4n) is 8.07. The molecule has 2 saturated heterocycles. The molecule has 0 unspecified atom stereocenters. The van der Waals surface area contributed by atoms with Gasteiger partial charge in [0.2, 0.25) is 11.8 Å². The highest BCUT2D eigenvalue weighted by atomic mass is 16.5. The smallest absolute Gasteiger partial charge is 0.329 e. The maximum absolute atomic E-state index is 12.8. The number of nitrogens with one attached hydrogen (secondary N) is 2. The second-order valence-corrected chi connectivity index (χ2v) is 16.7. The van der Waals surface area contributed by atoms with E-state index in [0.717, 1.165) is 88.2 Å². The highest BCUT2D eigenvalue weighted by molar-refractivity contribution is 6.08. The van der Waals surface area contributed by atoms with Gasteiger partial charge in [-0.15, -0.1) is 0 Å². The number of carbonyl (C=O) groups excluding carboxylic acids is 3. The van der Waals surface area contributed by atoms with Crippen LogP contribution in [0.3, 0.4) is 0 Å². The molecule has 16 heteroatoms. The van der Waals surface area contributed by atoms with Crippen LogP contribution >= 0.6 is 0 Å². The van der Waals surface area contributed by atoms with E-state index in [9.17, 15) is 14.4 Å². The van der Waals surface area contributed by atoms with Crippen molar-refractivity contribution in [3.05, 3.63) is 107 Å². The summed E-state index contributed by atoms with van der Waals surface area (Å²) < 4.78 is 8.94. The van der Waals surface area contributed by atoms with Crippen LogP contribution in [0.25, 0.3) is 38.9 Å². The van der Waals surface area contributed by atoms with Crippen LogP contribution in [0, 0.1) is 6.92 Å². The van der Waals surface area contributed by atoms with Gasteiger partial charge in [-0.25, -0.2) is 14.3 Å². The summed E-state index contributed by atoms with van der Waals surface area (Å²) in [4.78, 5) is 55.0. The number of hydrogen-bond acceptors (Lipinski definition) is 11. The zero-order valence-corrected chi connectivity index (χ0v) is 34.3. The first-order valence-electron chi connectivity index (χ1n) is 20.2. The molecule has 2 N–H and O–H groups in total. The van der Waals surface area contributed by atoms with Gasteiger partial charge in [-0.3, -0.25) is 34.4 Å². The highest BCUT2D eigenvalue weighted by Gasteiger charge is 2.29. The molecular weight excluding hydrogens is 761 g/mol. The SMILES string of the molecule is Cc1cc(-c2ncnn3cc(-c4cccc(CN5CCC(c6ccc7c(N8CCC(=O)NC8=O)nn(C)c7c6)CC5)n4)cc23)ccc1CNC(=O)c1noc(C(C)(C)C)n1. The standard InChI is InChI=1S/C44H46N12O4/c1-26-19-29(9-10-30(26)22-45-41(58)39-50-42(60-52-39)44(2,3)4)38-36-21-31(23-56(36)47-25-46-38)34-8-6-7-32(48-34)24-54-16-13-27(14-17-54)28-11-12-33-35(20-28)53(5)51-40(33)55-18-15-37(57)49-43(55)59/h6-12,19-21,23,25,27H,13-18,22,24H2,1-5H3,(H,45,58)(H,49,57,59). The number of imide groups is 1. The molecule has 2 aliphatic heterocycles. The van der Waals surface area contributed by atoms with Crippen LogP contribution in [-0.4, -0.2) is 81.9 Å². The maximum Gasteiger partial charge on any atom is 0.329 e. The maximum atomic E-state index is 12.8. The molecule has 7 aromatic rings. The van der Waals surface area contributed by atoms with Gasteiger partial charge in [-0.1, -0.05) is 50.2 Å². The molecule has 7 heterocycles. The van der Waals surface area contributed by atoms with Crippen molar-refractivity contribution in [2.75, 3.05) is 24.5 Å². The Morgan fingerprint density at radius 1 is 0.967 bits per heavy atom. The second kappa shape index (κ2) is 15.4. The Bertz CT molecular complexity index is 2790. The summed E-state index contributed by atoms with van der Waals surface area (Å²) in [5, 5.41) is 19.2. The van der Waals surface area contributed by atoms with Gasteiger partial charge in [0.15, 0.2) is 5.82 Å². The van der Waals surface area contributed by atoms with E-state index in [1.165, 1.54) is 5.56 Å². The molecule has 0 saturated carbocycles. The lowest BCUT2D eigenvalue weighted by molar-refractivity contribution is -0.120. The Balaban J connectivity index is 0.844. The van der Waals surface area contributed by atoms with E-state index in [-0.39, 0.29) is 23.6 Å². The number of fused-ring (bicyclic) bond motifs is 2. The minimum absolute atomic E-state index is 0.0166. The van der Waals surface area contributed by atoms with E-state index in [4.69, 9.17) is 9.51 Å². The fraction of sp³-hybridized carbons (Fsp3) is 0.341. The Kier molecular flexibility index (Phi) is 9.94. The van der Waals surface area contributed by atoms with Gasteiger partial charge in [0.1, 0.15) is 6.33 Å². The molecule has 2 fully saturated rings. The third kappa shape index (κ3) is 7.61. The summed E-state index contributed by atoms with van der Waals surface area (Å²) in [6.45, 7) is 11.1. The number of carbonyl (C=O) groups is 3. The van der Waals surface area contributed by atoms with Gasteiger partial charge >= 0.3 is 6.03 Å². The zero-order valence-electron chi connectivity index (χ0n) is 34.3. The van der Waals surface area contributed by atoms with Gasteiger partial charge < -0.3 is 9.84 Å². The summed E-state index contributed by atoms with van der Waals surface area (Å²) in [6, 6.07) is 20.3. The van der Waals surface area contributed by atoms with Gasteiger partial charge in [0.05, 0.1) is 28.1 Å². The van der Waals surface area contributed by atoms with Crippen molar-refractivity contribution in [2.45, 2.75) is 71.4 Å². The average molecular weight is 807 g/mol. The summed E-state index contributed by atoms with van der Waals surface area (Å²) in [5.74, 6) is 0.767. The van der Waals surface area contributed by atoms with Crippen molar-refractivity contribution in [1.29, 1.82) is 0 Å². The van der Waals surface area contributed by atoms with Crippen molar-refractivity contribution in [1.82, 2.24) is 55.0 Å². The predicted octanol–water partition coefficient (Wildman–Crippen LogP) is 6.09. The van der Waals surface area contributed by atoms with Crippen LogP contribution in [0.1, 0.15) is 84.8 Å². The molecule has 2 aliphatic rings. The van der Waals surface area contributed by atoms with Crippen molar-refractivity contribution in [3.8, 4) is 22.5 Å². The minimum atomic E-state index is -0.429. The number of aromatic nitrogens is 8. The number of aryl methyl sites for hydroxylation is 2. The number of urea groups is 1. The number of likely N-dealkylation sites (tertiary alicyclic amines) is 1. The largest absolute Gasteiger partial charge is 0.345 e. The fourth-order valence-corrected chi connectivity index (χ4v) is 8.07. The number of hydrogen-bond donors (Lipinski definition) is 2. The summed E-state index contributed by atoms with van der Waals surface area (Å²) in [7, 11) is 1.89. The highest BCUT2D eigenvalue weighted by Crippen LogP contribution is 2.34. The van der Waals surface area contributed by atoms with Gasteiger partial charge in [0, 0.05) is 61.2 Å². The van der Waals surface area contributed by atoms with Gasteiger partial charge in [-0.2, -0.15) is 15.2 Å². The van der Waals surface area contributed by atoms with Crippen LogP contribution in [0.5, 0.6) is 0 Å². The minimum Gasteiger partial charge on any atom is -0.345 e. The molecule has 9 rings (SSSR count). The number of rotatable bonds is 9. The monoisotopic (exact) mass is 806 g/mol. The third-order valence-electron chi connectivity index (χ3n) is 11.4. The normalized spacial score (nSPS) is 15.6. The van der Waals surface area contributed by atoms with Crippen LogP contribution in [0.4, 0.5) is 10.6 Å². The van der Waals surface area contributed by atoms with Gasteiger partial charge in [-0.05, 0) is 91.9 Å². The molecular formula is C44H46N12O4. The average Bonchev–Trinajstić information content (AvgIpc) is 3.99. The third-order valence-corrected chi connectivity index (χ3v) is 11.4. The van der Waals surface area contributed by atoms with E-state index in [2.05, 4.69) is 83.3 Å². The molecule has 60 heavy (non-hydrogen) atoms. The molecule has 306 valence electrons. The number of amides is 4.